The third kappa shape index (κ3) is 4.69. The van der Waals surface area contributed by atoms with E-state index in [2.05, 4.69) is 0 Å². The van der Waals surface area contributed by atoms with Crippen LogP contribution in [-0.4, -0.2) is 56.8 Å². The van der Waals surface area contributed by atoms with E-state index in [0.29, 0.717) is 38.2 Å². The fourth-order valence-corrected chi connectivity index (χ4v) is 5.96. The molecule has 0 bridgehead atoms. The van der Waals surface area contributed by atoms with Crippen LogP contribution in [0.5, 0.6) is 0 Å². The number of likely N-dealkylation sites (N-methyl/N-ethyl adjacent to an activating group) is 1. The number of halogens is 2. The number of aryl methyl sites for hydroxylation is 1. The van der Waals surface area contributed by atoms with E-state index in [4.69, 9.17) is 0 Å². The van der Waals surface area contributed by atoms with Gasteiger partial charge in [-0.1, -0.05) is 6.07 Å². The Morgan fingerprint density at radius 3 is 2.47 bits per heavy atom. The van der Waals surface area contributed by atoms with Crippen LogP contribution in [0.1, 0.15) is 30.4 Å². The quantitative estimate of drug-likeness (QED) is 0.660. The van der Waals surface area contributed by atoms with Gasteiger partial charge in [0, 0.05) is 31.9 Å². The van der Waals surface area contributed by atoms with Crippen LogP contribution in [0.15, 0.2) is 41.3 Å². The first-order chi connectivity index (χ1) is 15.3. The number of anilines is 1. The maximum atomic E-state index is 13.4. The molecule has 9 heteroatoms. The molecule has 0 radical (unpaired) electrons. The Morgan fingerprint density at radius 1 is 1.00 bits per heavy atom. The van der Waals surface area contributed by atoms with Crippen LogP contribution < -0.4 is 4.90 Å². The Labute approximate surface area is 187 Å². The summed E-state index contributed by atoms with van der Waals surface area (Å²) in [6.07, 6.45) is 3.22. The number of hydrogen-bond acceptors (Lipinski definition) is 4. The molecule has 2 aliphatic heterocycles. The summed E-state index contributed by atoms with van der Waals surface area (Å²) in [6.45, 7) is 2.06. The molecule has 2 aromatic carbocycles. The van der Waals surface area contributed by atoms with Crippen molar-refractivity contribution in [3.63, 3.8) is 0 Å². The number of nitrogens with zero attached hydrogens (tertiary/aromatic N) is 3. The van der Waals surface area contributed by atoms with Crippen molar-refractivity contribution in [3.05, 3.63) is 59.2 Å². The predicted octanol–water partition coefficient (Wildman–Crippen LogP) is 3.16. The molecule has 2 aromatic rings. The van der Waals surface area contributed by atoms with E-state index in [1.165, 1.54) is 10.4 Å². The minimum Gasteiger partial charge on any atom is -0.311 e. The third-order valence-electron chi connectivity index (χ3n) is 6.02. The first kappa shape index (κ1) is 22.8. The molecule has 0 N–H and O–H groups in total. The van der Waals surface area contributed by atoms with Crippen LogP contribution in [0.4, 0.5) is 14.5 Å². The molecular weight excluding hydrogens is 436 g/mol. The average Bonchev–Trinajstić information content (AvgIpc) is 3.31. The van der Waals surface area contributed by atoms with E-state index >= 15 is 0 Å². The Bertz CT molecular complexity index is 1120. The van der Waals surface area contributed by atoms with Crippen LogP contribution in [0.25, 0.3) is 0 Å². The average molecular weight is 464 g/mol. The van der Waals surface area contributed by atoms with Crippen LogP contribution in [0.2, 0.25) is 0 Å². The van der Waals surface area contributed by atoms with Gasteiger partial charge in [0.15, 0.2) is 11.6 Å². The lowest BCUT2D eigenvalue weighted by atomic mass is 10.0. The lowest BCUT2D eigenvalue weighted by Gasteiger charge is -2.31. The van der Waals surface area contributed by atoms with Gasteiger partial charge in [0.1, 0.15) is 0 Å². The number of hydrogen-bond donors (Lipinski definition) is 0. The van der Waals surface area contributed by atoms with Gasteiger partial charge in [-0.15, -0.1) is 0 Å². The molecule has 4 rings (SSSR count). The lowest BCUT2D eigenvalue weighted by molar-refractivity contribution is -0.119. The molecule has 1 amide bonds. The molecule has 6 nitrogen and oxygen atoms in total. The van der Waals surface area contributed by atoms with Crippen LogP contribution in [0.3, 0.4) is 0 Å². The van der Waals surface area contributed by atoms with E-state index in [0.717, 1.165) is 42.6 Å². The first-order valence-corrected chi connectivity index (χ1v) is 12.3. The first-order valence-electron chi connectivity index (χ1n) is 10.8. The number of rotatable bonds is 6. The minimum absolute atomic E-state index is 0.103. The van der Waals surface area contributed by atoms with Crippen molar-refractivity contribution in [2.45, 2.75) is 37.1 Å². The summed E-state index contributed by atoms with van der Waals surface area (Å²) < 4.78 is 53.9. The maximum absolute atomic E-state index is 13.4. The third-order valence-corrected chi connectivity index (χ3v) is 7.91. The fraction of sp³-hybridized carbons (Fsp3) is 0.435. The highest BCUT2D eigenvalue weighted by atomic mass is 32.2. The standard InChI is InChI=1S/C23H27F2N3O3S/c1-26(15-17-6-8-20(24)21(25)13-17)16-23(29)28-12-4-5-18-14-19(7-9-22(18)28)32(30,31)27-10-2-3-11-27/h6-9,13-14H,2-5,10-12,15-16H2,1H3. The van der Waals surface area contributed by atoms with Crippen molar-refractivity contribution >= 4 is 21.6 Å². The smallest absolute Gasteiger partial charge is 0.243 e. The topological polar surface area (TPSA) is 60.9 Å². The van der Waals surface area contributed by atoms with Crippen LogP contribution in [-0.2, 0) is 27.8 Å². The molecule has 0 atom stereocenters. The van der Waals surface area contributed by atoms with Gasteiger partial charge in [-0.25, -0.2) is 17.2 Å². The summed E-state index contributed by atoms with van der Waals surface area (Å²) in [5.74, 6) is -1.93. The molecule has 1 saturated heterocycles. The van der Waals surface area contributed by atoms with Gasteiger partial charge in [-0.2, -0.15) is 4.31 Å². The van der Waals surface area contributed by atoms with Gasteiger partial charge < -0.3 is 4.90 Å². The van der Waals surface area contributed by atoms with Gasteiger partial charge in [0.2, 0.25) is 15.9 Å². The van der Waals surface area contributed by atoms with Crippen molar-refractivity contribution in [2.75, 3.05) is 38.1 Å². The van der Waals surface area contributed by atoms with E-state index < -0.39 is 21.7 Å². The second-order valence-electron chi connectivity index (χ2n) is 8.47. The Morgan fingerprint density at radius 2 is 1.75 bits per heavy atom. The van der Waals surface area contributed by atoms with Crippen molar-refractivity contribution in [3.8, 4) is 0 Å². The van der Waals surface area contributed by atoms with Crippen molar-refractivity contribution in [1.29, 1.82) is 0 Å². The van der Waals surface area contributed by atoms with Crippen LogP contribution >= 0.6 is 0 Å². The minimum atomic E-state index is -3.51. The maximum Gasteiger partial charge on any atom is 0.243 e. The van der Waals surface area contributed by atoms with Gasteiger partial charge in [-0.3, -0.25) is 9.69 Å². The summed E-state index contributed by atoms with van der Waals surface area (Å²) in [4.78, 5) is 16.7. The highest BCUT2D eigenvalue weighted by molar-refractivity contribution is 7.89. The summed E-state index contributed by atoms with van der Waals surface area (Å²) in [7, 11) is -1.76. The summed E-state index contributed by atoms with van der Waals surface area (Å²) in [5, 5.41) is 0. The zero-order valence-electron chi connectivity index (χ0n) is 18.1. The number of benzene rings is 2. The van der Waals surface area contributed by atoms with E-state index in [1.807, 2.05) is 0 Å². The molecule has 172 valence electrons. The van der Waals surface area contributed by atoms with Gasteiger partial charge in [-0.05, 0) is 74.2 Å². The van der Waals surface area contributed by atoms with Gasteiger partial charge in [0.05, 0.1) is 11.4 Å². The van der Waals surface area contributed by atoms with Gasteiger partial charge >= 0.3 is 0 Å². The van der Waals surface area contributed by atoms with Gasteiger partial charge in [0.25, 0.3) is 0 Å². The normalized spacial score (nSPS) is 17.1. The largest absolute Gasteiger partial charge is 0.311 e. The summed E-state index contributed by atoms with van der Waals surface area (Å²) in [6, 6.07) is 8.73. The van der Waals surface area contributed by atoms with E-state index in [1.54, 1.807) is 35.0 Å². The van der Waals surface area contributed by atoms with E-state index in [9.17, 15) is 22.0 Å². The number of carbonyl (C=O) groups is 1. The second-order valence-corrected chi connectivity index (χ2v) is 10.4. The molecule has 0 spiro atoms. The molecule has 0 aromatic heterocycles. The zero-order chi connectivity index (χ0) is 22.9. The molecule has 1 fully saturated rings. The SMILES string of the molecule is CN(CC(=O)N1CCCc2cc(S(=O)(=O)N3CCCC3)ccc21)Cc1ccc(F)c(F)c1. The number of amides is 1. The second kappa shape index (κ2) is 9.25. The number of carbonyl (C=O) groups excluding carboxylic acids is 1. The fourth-order valence-electron chi connectivity index (χ4n) is 4.39. The highest BCUT2D eigenvalue weighted by Crippen LogP contribution is 2.31. The Kier molecular flexibility index (Phi) is 6.60. The predicted molar refractivity (Wildman–Crippen MR) is 118 cm³/mol. The molecule has 0 saturated carbocycles. The van der Waals surface area contributed by atoms with Crippen LogP contribution in [0, 0.1) is 11.6 Å². The lowest BCUT2D eigenvalue weighted by Crippen LogP contribution is -2.41. The molecule has 32 heavy (non-hydrogen) atoms. The summed E-state index contributed by atoms with van der Waals surface area (Å²) in [5.41, 5.74) is 2.17. The molecule has 0 aliphatic carbocycles. The van der Waals surface area contributed by atoms with Crippen molar-refractivity contribution in [1.82, 2.24) is 9.21 Å². The molecule has 0 unspecified atom stereocenters. The van der Waals surface area contributed by atoms with Crippen molar-refractivity contribution in [2.24, 2.45) is 0 Å². The number of fused-ring (bicyclic) bond motifs is 1. The Balaban J connectivity index is 1.47. The van der Waals surface area contributed by atoms with E-state index in [-0.39, 0.29) is 17.3 Å². The Hall–Kier alpha value is -2.36. The molecule has 2 heterocycles. The van der Waals surface area contributed by atoms with Crippen molar-refractivity contribution < 1.29 is 22.0 Å². The summed E-state index contributed by atoms with van der Waals surface area (Å²) >= 11 is 0. The molecular formula is C23H27F2N3O3S. The highest BCUT2D eigenvalue weighted by Gasteiger charge is 2.30. The molecule has 2 aliphatic rings. The number of sulfonamides is 1. The zero-order valence-corrected chi connectivity index (χ0v) is 18.9. The monoisotopic (exact) mass is 463 g/mol.